The normalized spacial score (nSPS) is 18.9. The molecular formula is C12H11NO3S. The third kappa shape index (κ3) is 2.68. The molecule has 0 saturated heterocycles. The molecule has 1 heterocycles. The Morgan fingerprint density at radius 3 is 3.00 bits per heavy atom. The number of carboxylic acids is 1. The molecule has 1 aromatic carbocycles. The molecule has 5 heteroatoms. The van der Waals surface area contributed by atoms with Crippen molar-refractivity contribution < 1.29 is 14.7 Å². The SMILES string of the molecule is CC1Sc2ccc(/C=C/C(=O)O)cc2NC1=O. The average Bonchev–Trinajstić information content (AvgIpc) is 2.28. The molecule has 2 rings (SSSR count). The first-order valence-corrected chi connectivity index (χ1v) is 5.97. The lowest BCUT2D eigenvalue weighted by Gasteiger charge is -2.21. The number of hydrogen-bond acceptors (Lipinski definition) is 3. The molecule has 0 fully saturated rings. The standard InChI is InChI=1S/C12H11NO3S/c1-7-12(16)13-9-6-8(3-5-11(14)15)2-4-10(9)17-7/h2-7H,1H3,(H,13,16)(H,14,15)/b5-3+. The number of carboxylic acid groups (broad SMARTS) is 1. The van der Waals surface area contributed by atoms with Gasteiger partial charge in [-0.05, 0) is 30.7 Å². The van der Waals surface area contributed by atoms with Gasteiger partial charge >= 0.3 is 5.97 Å². The molecule has 0 aliphatic carbocycles. The van der Waals surface area contributed by atoms with Gasteiger partial charge < -0.3 is 10.4 Å². The van der Waals surface area contributed by atoms with Gasteiger partial charge in [-0.1, -0.05) is 6.07 Å². The Kier molecular flexibility index (Phi) is 3.19. The lowest BCUT2D eigenvalue weighted by Crippen LogP contribution is -2.26. The van der Waals surface area contributed by atoms with E-state index in [4.69, 9.17) is 5.11 Å². The average molecular weight is 249 g/mol. The van der Waals surface area contributed by atoms with E-state index >= 15 is 0 Å². The second-order valence-corrected chi connectivity index (χ2v) is 5.06. The van der Waals surface area contributed by atoms with E-state index in [0.29, 0.717) is 0 Å². The Morgan fingerprint density at radius 1 is 1.53 bits per heavy atom. The molecule has 2 N–H and O–H groups in total. The van der Waals surface area contributed by atoms with Crippen molar-refractivity contribution in [3.63, 3.8) is 0 Å². The maximum absolute atomic E-state index is 11.5. The smallest absolute Gasteiger partial charge is 0.328 e. The molecule has 0 radical (unpaired) electrons. The Morgan fingerprint density at radius 2 is 2.29 bits per heavy atom. The van der Waals surface area contributed by atoms with E-state index in [2.05, 4.69) is 5.32 Å². The van der Waals surface area contributed by atoms with Crippen LogP contribution >= 0.6 is 11.8 Å². The van der Waals surface area contributed by atoms with Crippen molar-refractivity contribution in [2.24, 2.45) is 0 Å². The van der Waals surface area contributed by atoms with Gasteiger partial charge in [-0.25, -0.2) is 4.79 Å². The maximum Gasteiger partial charge on any atom is 0.328 e. The summed E-state index contributed by atoms with van der Waals surface area (Å²) < 4.78 is 0. The van der Waals surface area contributed by atoms with Crippen LogP contribution in [0.3, 0.4) is 0 Å². The first-order valence-electron chi connectivity index (χ1n) is 5.09. The zero-order valence-electron chi connectivity index (χ0n) is 9.14. The van der Waals surface area contributed by atoms with Gasteiger partial charge in [0.15, 0.2) is 0 Å². The van der Waals surface area contributed by atoms with Crippen LogP contribution in [0.5, 0.6) is 0 Å². The number of anilines is 1. The van der Waals surface area contributed by atoms with E-state index in [1.165, 1.54) is 17.8 Å². The maximum atomic E-state index is 11.5. The van der Waals surface area contributed by atoms with Crippen molar-refractivity contribution in [1.82, 2.24) is 0 Å². The van der Waals surface area contributed by atoms with Crippen LogP contribution in [0, 0.1) is 0 Å². The number of amides is 1. The van der Waals surface area contributed by atoms with Crippen molar-refractivity contribution in [3.8, 4) is 0 Å². The fraction of sp³-hybridized carbons (Fsp3) is 0.167. The molecule has 1 unspecified atom stereocenters. The fourth-order valence-corrected chi connectivity index (χ4v) is 2.43. The predicted octanol–water partition coefficient (Wildman–Crippen LogP) is 2.22. The first kappa shape index (κ1) is 11.7. The highest BCUT2D eigenvalue weighted by atomic mass is 32.2. The van der Waals surface area contributed by atoms with Gasteiger partial charge in [-0.2, -0.15) is 0 Å². The fourth-order valence-electron chi connectivity index (χ4n) is 1.50. The van der Waals surface area contributed by atoms with Crippen LogP contribution in [-0.4, -0.2) is 22.2 Å². The highest BCUT2D eigenvalue weighted by Crippen LogP contribution is 2.36. The van der Waals surface area contributed by atoms with E-state index in [1.807, 2.05) is 19.1 Å². The summed E-state index contributed by atoms with van der Waals surface area (Å²) >= 11 is 1.50. The molecule has 17 heavy (non-hydrogen) atoms. The topological polar surface area (TPSA) is 66.4 Å². The molecule has 1 atom stereocenters. The third-order valence-corrected chi connectivity index (χ3v) is 3.53. The number of carbonyl (C=O) groups excluding carboxylic acids is 1. The third-order valence-electron chi connectivity index (χ3n) is 2.35. The molecule has 4 nitrogen and oxygen atoms in total. The van der Waals surface area contributed by atoms with Gasteiger partial charge in [0.1, 0.15) is 0 Å². The summed E-state index contributed by atoms with van der Waals surface area (Å²) in [6.07, 6.45) is 2.57. The Hall–Kier alpha value is -1.75. The van der Waals surface area contributed by atoms with Gasteiger partial charge in [0, 0.05) is 11.0 Å². The number of fused-ring (bicyclic) bond motifs is 1. The second kappa shape index (κ2) is 4.63. The minimum atomic E-state index is -0.991. The van der Waals surface area contributed by atoms with Crippen LogP contribution in [0.4, 0.5) is 5.69 Å². The van der Waals surface area contributed by atoms with Gasteiger partial charge in [-0.3, -0.25) is 4.79 Å². The molecule has 1 amide bonds. The molecule has 1 aliphatic heterocycles. The molecule has 1 aromatic rings. The number of thioether (sulfide) groups is 1. The molecular weight excluding hydrogens is 238 g/mol. The number of carbonyl (C=O) groups is 2. The van der Waals surface area contributed by atoms with Crippen molar-refractivity contribution in [2.75, 3.05) is 5.32 Å². The lowest BCUT2D eigenvalue weighted by molar-refractivity contribution is -0.131. The van der Waals surface area contributed by atoms with E-state index in [9.17, 15) is 9.59 Å². The van der Waals surface area contributed by atoms with E-state index < -0.39 is 5.97 Å². The van der Waals surface area contributed by atoms with Crippen LogP contribution in [0.2, 0.25) is 0 Å². The summed E-state index contributed by atoms with van der Waals surface area (Å²) in [5.41, 5.74) is 1.49. The van der Waals surface area contributed by atoms with Crippen molar-refractivity contribution in [1.29, 1.82) is 0 Å². The van der Waals surface area contributed by atoms with Crippen LogP contribution in [0.1, 0.15) is 12.5 Å². The summed E-state index contributed by atoms with van der Waals surface area (Å²) in [5.74, 6) is -1.02. The zero-order valence-corrected chi connectivity index (χ0v) is 9.95. The van der Waals surface area contributed by atoms with E-state index in [-0.39, 0.29) is 11.2 Å². The van der Waals surface area contributed by atoms with Crippen molar-refractivity contribution in [2.45, 2.75) is 17.1 Å². The number of rotatable bonds is 2. The largest absolute Gasteiger partial charge is 0.478 e. The van der Waals surface area contributed by atoms with Gasteiger partial charge in [0.2, 0.25) is 5.91 Å². The number of hydrogen-bond donors (Lipinski definition) is 2. The summed E-state index contributed by atoms with van der Waals surface area (Å²) in [5, 5.41) is 11.2. The first-order chi connectivity index (χ1) is 8.06. The molecule has 1 aliphatic rings. The summed E-state index contributed by atoms with van der Waals surface area (Å²) in [4.78, 5) is 22.9. The minimum absolute atomic E-state index is 0.0261. The summed E-state index contributed by atoms with van der Waals surface area (Å²) in [7, 11) is 0. The van der Waals surface area contributed by atoms with Crippen molar-refractivity contribution in [3.05, 3.63) is 29.8 Å². The van der Waals surface area contributed by atoms with Gasteiger partial charge in [0.05, 0.1) is 10.9 Å². The summed E-state index contributed by atoms with van der Waals surface area (Å²) in [6.45, 7) is 1.85. The molecule has 0 aromatic heterocycles. The quantitative estimate of drug-likeness (QED) is 0.789. The Balaban J connectivity index is 2.28. The lowest BCUT2D eigenvalue weighted by atomic mass is 10.2. The van der Waals surface area contributed by atoms with Gasteiger partial charge in [0.25, 0.3) is 0 Å². The minimum Gasteiger partial charge on any atom is -0.478 e. The highest BCUT2D eigenvalue weighted by Gasteiger charge is 2.22. The highest BCUT2D eigenvalue weighted by molar-refractivity contribution is 8.00. The second-order valence-electron chi connectivity index (χ2n) is 3.68. The number of aliphatic carboxylic acids is 1. The van der Waals surface area contributed by atoms with E-state index in [1.54, 1.807) is 6.07 Å². The van der Waals surface area contributed by atoms with Crippen molar-refractivity contribution >= 4 is 35.4 Å². The Bertz CT molecular complexity index is 510. The number of nitrogens with one attached hydrogen (secondary N) is 1. The zero-order chi connectivity index (χ0) is 12.4. The molecule has 0 bridgehead atoms. The predicted molar refractivity (Wildman–Crippen MR) is 67.1 cm³/mol. The van der Waals surface area contributed by atoms with Crippen LogP contribution < -0.4 is 5.32 Å². The van der Waals surface area contributed by atoms with Crippen LogP contribution in [-0.2, 0) is 9.59 Å². The monoisotopic (exact) mass is 249 g/mol. The summed E-state index contributed by atoms with van der Waals surface area (Å²) in [6, 6.07) is 5.48. The molecule has 0 spiro atoms. The van der Waals surface area contributed by atoms with Crippen LogP contribution in [0.25, 0.3) is 6.08 Å². The molecule has 0 saturated carbocycles. The van der Waals surface area contributed by atoms with E-state index in [0.717, 1.165) is 22.2 Å². The Labute approximate surface area is 103 Å². The van der Waals surface area contributed by atoms with Crippen LogP contribution in [0.15, 0.2) is 29.2 Å². The number of benzene rings is 1. The van der Waals surface area contributed by atoms with Gasteiger partial charge in [-0.15, -0.1) is 11.8 Å². The molecule has 88 valence electrons.